The van der Waals surface area contributed by atoms with Crippen molar-refractivity contribution in [1.29, 1.82) is 0 Å². The molecule has 0 aromatic rings. The summed E-state index contributed by atoms with van der Waals surface area (Å²) in [5, 5.41) is 0.256. The molecule has 26 heavy (non-hydrogen) atoms. The molecule has 0 saturated heterocycles. The molecule has 1 aliphatic rings. The average molecular weight is 381 g/mol. The molecule has 0 amide bonds. The molecule has 1 rings (SSSR count). The number of allylic oxidation sites excluding steroid dienone is 2. The highest BCUT2D eigenvalue weighted by molar-refractivity contribution is 6.74. The smallest absolute Gasteiger partial charge is 0.192 e. The molecule has 1 heterocycles. The summed E-state index contributed by atoms with van der Waals surface area (Å²) < 4.78 is 18.0. The van der Waals surface area contributed by atoms with E-state index in [9.17, 15) is 0 Å². The summed E-state index contributed by atoms with van der Waals surface area (Å²) in [6.45, 7) is 20.6. The van der Waals surface area contributed by atoms with Crippen LogP contribution in [-0.2, 0) is 13.9 Å². The maximum atomic E-state index is 6.32. The average Bonchev–Trinajstić information content (AvgIpc) is 2.50. The van der Waals surface area contributed by atoms with Crippen LogP contribution in [0.2, 0.25) is 18.1 Å². The van der Waals surface area contributed by atoms with Crippen molar-refractivity contribution >= 4 is 8.32 Å². The number of ether oxygens (including phenoxy) is 2. The zero-order valence-corrected chi connectivity index (χ0v) is 19.3. The lowest BCUT2D eigenvalue weighted by Gasteiger charge is -2.36. The lowest BCUT2D eigenvalue weighted by molar-refractivity contribution is -0.154. The van der Waals surface area contributed by atoms with Gasteiger partial charge in [0, 0.05) is 6.61 Å². The van der Waals surface area contributed by atoms with E-state index in [1.165, 1.54) is 5.57 Å². The van der Waals surface area contributed by atoms with E-state index in [4.69, 9.17) is 13.9 Å². The van der Waals surface area contributed by atoms with Crippen LogP contribution >= 0.6 is 0 Å². The highest BCUT2D eigenvalue weighted by atomic mass is 28.4. The quantitative estimate of drug-likeness (QED) is 0.283. The molecule has 0 saturated carbocycles. The predicted octanol–water partition coefficient (Wildman–Crippen LogP) is 6.24. The molecule has 3 nitrogen and oxygen atoms in total. The van der Waals surface area contributed by atoms with Gasteiger partial charge in [0.05, 0.1) is 12.2 Å². The summed E-state index contributed by atoms with van der Waals surface area (Å²) >= 11 is 0. The summed E-state index contributed by atoms with van der Waals surface area (Å²) in [7, 11) is -1.67. The van der Waals surface area contributed by atoms with Gasteiger partial charge in [0.1, 0.15) is 0 Å². The van der Waals surface area contributed by atoms with Crippen molar-refractivity contribution < 1.29 is 13.9 Å². The van der Waals surface area contributed by atoms with Crippen LogP contribution in [0.1, 0.15) is 54.9 Å². The SMILES string of the molecule is CC(=C/[C@H](C)CO[Si](C)(C)C(C)(C)C)/C=C/[C@@H]1CC=C[C@@H](OC(C)C)O1. The molecule has 4 heteroatoms. The van der Waals surface area contributed by atoms with Crippen LogP contribution in [0.5, 0.6) is 0 Å². The minimum Gasteiger partial charge on any atom is -0.416 e. The van der Waals surface area contributed by atoms with Gasteiger partial charge in [-0.25, -0.2) is 0 Å². The fraction of sp³-hybridized carbons (Fsp3) is 0.727. The molecule has 0 N–H and O–H groups in total. The molecule has 3 atom stereocenters. The van der Waals surface area contributed by atoms with Crippen molar-refractivity contribution in [3.8, 4) is 0 Å². The Morgan fingerprint density at radius 3 is 2.50 bits per heavy atom. The molecular formula is C22H40O3Si. The lowest BCUT2D eigenvalue weighted by Crippen LogP contribution is -2.41. The van der Waals surface area contributed by atoms with Crippen LogP contribution in [0.3, 0.4) is 0 Å². The molecule has 0 aromatic carbocycles. The normalized spacial score (nSPS) is 23.8. The first-order chi connectivity index (χ1) is 11.9. The van der Waals surface area contributed by atoms with Gasteiger partial charge in [-0.3, -0.25) is 0 Å². The standard InChI is InChI=1S/C22H40O3Si/c1-17(2)24-21-12-10-11-20(25-21)14-13-18(3)15-19(4)16-23-26(8,9)22(5,6)7/h10,12-15,17,19-21H,11,16H2,1-9H3/b14-13+,18-15-/t19-,20-,21-/m0/s1. The molecule has 0 spiro atoms. The second-order valence-electron chi connectivity index (χ2n) is 9.21. The van der Waals surface area contributed by atoms with Crippen LogP contribution < -0.4 is 0 Å². The Labute approximate surface area is 162 Å². The molecule has 0 aliphatic carbocycles. The minimum atomic E-state index is -1.67. The zero-order valence-electron chi connectivity index (χ0n) is 18.3. The third kappa shape index (κ3) is 8.34. The van der Waals surface area contributed by atoms with Gasteiger partial charge in [0.15, 0.2) is 14.6 Å². The Bertz CT molecular complexity index is 512. The van der Waals surface area contributed by atoms with Crippen LogP contribution in [0.25, 0.3) is 0 Å². The van der Waals surface area contributed by atoms with Crippen molar-refractivity contribution in [1.82, 2.24) is 0 Å². The monoisotopic (exact) mass is 380 g/mol. The highest BCUT2D eigenvalue weighted by Gasteiger charge is 2.37. The van der Waals surface area contributed by atoms with E-state index in [-0.39, 0.29) is 23.5 Å². The van der Waals surface area contributed by atoms with Crippen LogP contribution in [0.15, 0.2) is 36.0 Å². The van der Waals surface area contributed by atoms with E-state index >= 15 is 0 Å². The number of hydrogen-bond acceptors (Lipinski definition) is 3. The maximum Gasteiger partial charge on any atom is 0.192 e. The van der Waals surface area contributed by atoms with E-state index < -0.39 is 8.32 Å². The molecule has 150 valence electrons. The third-order valence-corrected chi connectivity index (χ3v) is 9.51. The van der Waals surface area contributed by atoms with E-state index in [0.29, 0.717) is 5.92 Å². The first-order valence-electron chi connectivity index (χ1n) is 9.89. The second-order valence-corrected chi connectivity index (χ2v) is 14.0. The van der Waals surface area contributed by atoms with E-state index in [1.807, 2.05) is 19.9 Å². The first-order valence-corrected chi connectivity index (χ1v) is 12.8. The fourth-order valence-electron chi connectivity index (χ4n) is 2.43. The van der Waals surface area contributed by atoms with Crippen molar-refractivity contribution in [3.05, 3.63) is 36.0 Å². The molecule has 0 aromatic heterocycles. The Hall–Kier alpha value is -0.683. The van der Waals surface area contributed by atoms with Crippen LogP contribution in [-0.4, -0.2) is 33.4 Å². The Kier molecular flexibility index (Phi) is 9.00. The summed E-state index contributed by atoms with van der Waals surface area (Å²) in [4.78, 5) is 0. The lowest BCUT2D eigenvalue weighted by atomic mass is 10.1. The molecule has 0 unspecified atom stereocenters. The third-order valence-electron chi connectivity index (χ3n) is 5.01. The summed E-state index contributed by atoms with van der Waals surface area (Å²) in [5.41, 5.74) is 1.25. The summed E-state index contributed by atoms with van der Waals surface area (Å²) in [5.74, 6) is 0.401. The van der Waals surface area contributed by atoms with Gasteiger partial charge in [-0.05, 0) is 57.3 Å². The van der Waals surface area contributed by atoms with Crippen molar-refractivity contribution in [3.63, 3.8) is 0 Å². The minimum absolute atomic E-state index is 0.0749. The predicted molar refractivity (Wildman–Crippen MR) is 114 cm³/mol. The summed E-state index contributed by atoms with van der Waals surface area (Å²) in [6, 6.07) is 0. The van der Waals surface area contributed by atoms with Gasteiger partial charge in [0.2, 0.25) is 0 Å². The van der Waals surface area contributed by atoms with Gasteiger partial charge >= 0.3 is 0 Å². The molecule has 1 aliphatic heterocycles. The van der Waals surface area contributed by atoms with E-state index in [2.05, 4.69) is 72.0 Å². The first kappa shape index (κ1) is 23.4. The Balaban J connectivity index is 2.52. The number of rotatable bonds is 8. The van der Waals surface area contributed by atoms with Crippen molar-refractivity contribution in [2.45, 2.75) is 91.5 Å². The molecule has 0 fully saturated rings. The summed E-state index contributed by atoms with van der Waals surface area (Å²) in [6.07, 6.45) is 11.6. The fourth-order valence-corrected chi connectivity index (χ4v) is 3.55. The molecular weight excluding hydrogens is 340 g/mol. The van der Waals surface area contributed by atoms with Crippen molar-refractivity contribution in [2.75, 3.05) is 6.61 Å². The highest BCUT2D eigenvalue weighted by Crippen LogP contribution is 2.36. The maximum absolute atomic E-state index is 6.32. The Morgan fingerprint density at radius 1 is 1.27 bits per heavy atom. The van der Waals surface area contributed by atoms with Gasteiger partial charge < -0.3 is 13.9 Å². The number of hydrogen-bond donors (Lipinski definition) is 0. The Morgan fingerprint density at radius 2 is 1.92 bits per heavy atom. The topological polar surface area (TPSA) is 27.7 Å². The van der Waals surface area contributed by atoms with Gasteiger partial charge in [-0.2, -0.15) is 0 Å². The largest absolute Gasteiger partial charge is 0.416 e. The van der Waals surface area contributed by atoms with Crippen molar-refractivity contribution in [2.24, 2.45) is 5.92 Å². The van der Waals surface area contributed by atoms with E-state index in [0.717, 1.165) is 13.0 Å². The van der Waals surface area contributed by atoms with Crippen LogP contribution in [0, 0.1) is 5.92 Å². The van der Waals surface area contributed by atoms with Gasteiger partial charge in [-0.1, -0.05) is 57.6 Å². The van der Waals surface area contributed by atoms with E-state index in [1.54, 1.807) is 0 Å². The second kappa shape index (κ2) is 10.0. The van der Waals surface area contributed by atoms with Gasteiger partial charge in [0.25, 0.3) is 0 Å². The zero-order chi connectivity index (χ0) is 20.0. The molecule has 0 radical (unpaired) electrons. The van der Waals surface area contributed by atoms with Gasteiger partial charge in [-0.15, -0.1) is 0 Å². The van der Waals surface area contributed by atoms with Crippen LogP contribution in [0.4, 0.5) is 0 Å². The molecule has 0 bridgehead atoms.